The standard InChI is InChI=1S/C10H22OS4/c12-5-9-14-7-1-3-11-4-2-8-15-10-6-13/h12-13H,1-10H2. The van der Waals surface area contributed by atoms with E-state index in [2.05, 4.69) is 25.3 Å². The van der Waals surface area contributed by atoms with Crippen molar-refractivity contribution in [3.05, 3.63) is 0 Å². The molecule has 0 aliphatic heterocycles. The number of rotatable bonds is 12. The van der Waals surface area contributed by atoms with Crippen molar-refractivity contribution in [2.75, 3.05) is 47.7 Å². The average molecular weight is 287 g/mol. The minimum absolute atomic E-state index is 0.913. The fraction of sp³-hybridized carbons (Fsp3) is 1.00. The van der Waals surface area contributed by atoms with Gasteiger partial charge in [-0.05, 0) is 35.9 Å². The molecule has 15 heavy (non-hydrogen) atoms. The molecule has 0 amide bonds. The molecule has 0 fully saturated rings. The molecule has 0 bridgehead atoms. The Morgan fingerprint density at radius 1 is 0.733 bits per heavy atom. The van der Waals surface area contributed by atoms with Gasteiger partial charge in [0.15, 0.2) is 0 Å². The second-order valence-corrected chi connectivity index (χ2v) is 6.34. The molecule has 0 radical (unpaired) electrons. The zero-order chi connectivity index (χ0) is 11.2. The highest BCUT2D eigenvalue weighted by Crippen LogP contribution is 2.04. The highest BCUT2D eigenvalue weighted by molar-refractivity contribution is 8.00. The Kier molecular flexibility index (Phi) is 16.8. The van der Waals surface area contributed by atoms with Crippen LogP contribution in [0.15, 0.2) is 0 Å². The summed E-state index contributed by atoms with van der Waals surface area (Å²) in [5.74, 6) is 6.68. The Balaban J connectivity index is 2.81. The molecule has 0 N–H and O–H groups in total. The molecule has 0 unspecified atom stereocenters. The highest BCUT2D eigenvalue weighted by Gasteiger charge is 1.92. The molecule has 5 heteroatoms. The van der Waals surface area contributed by atoms with Crippen molar-refractivity contribution in [1.29, 1.82) is 0 Å². The van der Waals surface area contributed by atoms with Crippen molar-refractivity contribution in [1.82, 2.24) is 0 Å². The Morgan fingerprint density at radius 2 is 1.20 bits per heavy atom. The van der Waals surface area contributed by atoms with Crippen LogP contribution >= 0.6 is 48.8 Å². The monoisotopic (exact) mass is 286 g/mol. The van der Waals surface area contributed by atoms with Crippen LogP contribution in [0.4, 0.5) is 0 Å². The molecule has 0 aromatic carbocycles. The molecule has 0 aliphatic carbocycles. The summed E-state index contributed by atoms with van der Waals surface area (Å²) in [6, 6.07) is 0. The Hall–Kier alpha value is 1.36. The molecule has 1 nitrogen and oxygen atoms in total. The van der Waals surface area contributed by atoms with E-state index in [1.54, 1.807) is 0 Å². The molecule has 0 aromatic heterocycles. The van der Waals surface area contributed by atoms with E-state index in [1.165, 1.54) is 24.3 Å². The Bertz CT molecular complexity index is 102. The van der Waals surface area contributed by atoms with Gasteiger partial charge in [-0.2, -0.15) is 48.8 Å². The summed E-state index contributed by atoms with van der Waals surface area (Å²) in [7, 11) is 0. The van der Waals surface area contributed by atoms with Gasteiger partial charge >= 0.3 is 0 Å². The van der Waals surface area contributed by atoms with E-state index in [4.69, 9.17) is 4.74 Å². The first-order valence-corrected chi connectivity index (χ1v) is 8.94. The second kappa shape index (κ2) is 15.4. The fourth-order valence-electron chi connectivity index (χ4n) is 0.961. The number of thioether (sulfide) groups is 2. The van der Waals surface area contributed by atoms with Crippen LogP contribution < -0.4 is 0 Å². The largest absolute Gasteiger partial charge is 0.381 e. The molecule has 0 heterocycles. The Morgan fingerprint density at radius 3 is 1.60 bits per heavy atom. The van der Waals surface area contributed by atoms with Crippen molar-refractivity contribution in [2.45, 2.75) is 12.8 Å². The molecule has 0 rings (SSSR count). The summed E-state index contributed by atoms with van der Waals surface area (Å²) in [5, 5.41) is 0. The van der Waals surface area contributed by atoms with Crippen LogP contribution in [-0.4, -0.2) is 47.7 Å². The van der Waals surface area contributed by atoms with Gasteiger partial charge in [0.25, 0.3) is 0 Å². The van der Waals surface area contributed by atoms with Gasteiger partial charge in [0, 0.05) is 24.7 Å². The predicted octanol–water partition coefficient (Wildman–Crippen LogP) is 3.11. The van der Waals surface area contributed by atoms with Crippen molar-refractivity contribution in [3.8, 4) is 0 Å². The average Bonchev–Trinajstić information content (AvgIpc) is 2.26. The minimum Gasteiger partial charge on any atom is -0.381 e. The van der Waals surface area contributed by atoms with Gasteiger partial charge in [-0.15, -0.1) is 0 Å². The molecular formula is C10H22OS4. The molecule has 0 saturated heterocycles. The fourth-order valence-corrected chi connectivity index (χ4v) is 3.05. The van der Waals surface area contributed by atoms with Crippen LogP contribution in [0.2, 0.25) is 0 Å². The Labute approximate surface area is 114 Å². The van der Waals surface area contributed by atoms with Gasteiger partial charge in [-0.1, -0.05) is 0 Å². The first-order chi connectivity index (χ1) is 7.41. The van der Waals surface area contributed by atoms with Gasteiger partial charge in [0.05, 0.1) is 0 Å². The summed E-state index contributed by atoms with van der Waals surface area (Å²) in [6.07, 6.45) is 2.34. The van der Waals surface area contributed by atoms with Crippen molar-refractivity contribution in [3.63, 3.8) is 0 Å². The van der Waals surface area contributed by atoms with E-state index >= 15 is 0 Å². The first-order valence-electron chi connectivity index (χ1n) is 5.36. The number of hydrogen-bond donors (Lipinski definition) is 2. The molecule has 0 aromatic rings. The van der Waals surface area contributed by atoms with Crippen molar-refractivity contribution in [2.24, 2.45) is 0 Å². The third-order valence-electron chi connectivity index (χ3n) is 1.63. The number of ether oxygens (including phenoxy) is 1. The zero-order valence-corrected chi connectivity index (χ0v) is 12.6. The lowest BCUT2D eigenvalue weighted by Crippen LogP contribution is -2.00. The lowest BCUT2D eigenvalue weighted by molar-refractivity contribution is 0.137. The summed E-state index contributed by atoms with van der Waals surface area (Å²) >= 11 is 12.2. The van der Waals surface area contributed by atoms with E-state index in [9.17, 15) is 0 Å². The minimum atomic E-state index is 0.913. The van der Waals surface area contributed by atoms with Crippen molar-refractivity contribution < 1.29 is 4.74 Å². The van der Waals surface area contributed by atoms with Gasteiger partial charge in [-0.25, -0.2) is 0 Å². The van der Waals surface area contributed by atoms with Crippen LogP contribution in [-0.2, 0) is 4.74 Å². The first kappa shape index (κ1) is 16.4. The number of hydrogen-bond acceptors (Lipinski definition) is 5. The molecule has 92 valence electrons. The lowest BCUT2D eigenvalue weighted by atomic mass is 10.5. The molecular weight excluding hydrogens is 264 g/mol. The maximum absolute atomic E-state index is 5.53. The van der Waals surface area contributed by atoms with Crippen LogP contribution in [0.5, 0.6) is 0 Å². The van der Waals surface area contributed by atoms with Gasteiger partial charge in [-0.3, -0.25) is 0 Å². The maximum Gasteiger partial charge on any atom is 0.0473 e. The molecule has 0 atom stereocenters. The lowest BCUT2D eigenvalue weighted by Gasteiger charge is -2.03. The van der Waals surface area contributed by atoms with Crippen molar-refractivity contribution >= 4 is 48.8 Å². The normalized spacial score (nSPS) is 10.8. The summed E-state index contributed by atoms with van der Waals surface area (Å²) < 4.78 is 5.53. The summed E-state index contributed by atoms with van der Waals surface area (Å²) in [4.78, 5) is 0. The summed E-state index contributed by atoms with van der Waals surface area (Å²) in [6.45, 7) is 1.83. The topological polar surface area (TPSA) is 9.23 Å². The number of thiol groups is 2. The molecule has 0 saturated carbocycles. The zero-order valence-electron chi connectivity index (χ0n) is 9.19. The van der Waals surface area contributed by atoms with Gasteiger partial charge in [0.2, 0.25) is 0 Å². The maximum atomic E-state index is 5.53. The third kappa shape index (κ3) is 15.4. The SMILES string of the molecule is SCCSCCCOCCCSCCS. The molecule has 0 spiro atoms. The highest BCUT2D eigenvalue weighted by atomic mass is 32.2. The predicted molar refractivity (Wildman–Crippen MR) is 82.4 cm³/mol. The summed E-state index contributed by atoms with van der Waals surface area (Å²) in [5.41, 5.74) is 0. The van der Waals surface area contributed by atoms with Crippen LogP contribution in [0.25, 0.3) is 0 Å². The van der Waals surface area contributed by atoms with Gasteiger partial charge < -0.3 is 4.74 Å². The van der Waals surface area contributed by atoms with E-state index in [0.29, 0.717) is 0 Å². The van der Waals surface area contributed by atoms with Crippen LogP contribution in [0.3, 0.4) is 0 Å². The van der Waals surface area contributed by atoms with Crippen LogP contribution in [0, 0.1) is 0 Å². The smallest absolute Gasteiger partial charge is 0.0473 e. The van der Waals surface area contributed by atoms with E-state index in [0.717, 1.165) is 36.2 Å². The van der Waals surface area contributed by atoms with Crippen LogP contribution in [0.1, 0.15) is 12.8 Å². The quantitative estimate of drug-likeness (QED) is 0.422. The van der Waals surface area contributed by atoms with Gasteiger partial charge in [0.1, 0.15) is 0 Å². The van der Waals surface area contributed by atoms with E-state index < -0.39 is 0 Å². The van der Waals surface area contributed by atoms with E-state index in [1.807, 2.05) is 23.5 Å². The second-order valence-electron chi connectivity index (χ2n) is 2.99. The van der Waals surface area contributed by atoms with E-state index in [-0.39, 0.29) is 0 Å². The third-order valence-corrected chi connectivity index (χ3v) is 4.82. The molecule has 0 aliphatic rings.